The van der Waals surface area contributed by atoms with Crippen molar-refractivity contribution >= 4 is 39.3 Å². The van der Waals surface area contributed by atoms with Crippen LogP contribution >= 0.6 is 28.3 Å². The maximum absolute atomic E-state index is 12.7. The van der Waals surface area contributed by atoms with E-state index in [0.29, 0.717) is 22.3 Å². The summed E-state index contributed by atoms with van der Waals surface area (Å²) in [6.45, 7) is 1.70. The van der Waals surface area contributed by atoms with Gasteiger partial charge in [-0.05, 0) is 28.9 Å². The first-order valence-electron chi connectivity index (χ1n) is 4.04. The minimum atomic E-state index is 0.0745. The number of rotatable bonds is 1. The summed E-state index contributed by atoms with van der Waals surface area (Å²) in [5.41, 5.74) is 2.13. The van der Waals surface area contributed by atoms with Crippen molar-refractivity contribution in [3.05, 3.63) is 28.0 Å². The van der Waals surface area contributed by atoms with Gasteiger partial charge in [0.1, 0.15) is 17.1 Å². The number of halogens is 2. The Bertz CT molecular complexity index is 573. The lowest BCUT2D eigenvalue weighted by Crippen LogP contribution is -1.86. The van der Waals surface area contributed by atoms with Crippen LogP contribution in [0.2, 0.25) is 0 Å². The van der Waals surface area contributed by atoms with Gasteiger partial charge in [-0.15, -0.1) is 3.89 Å². The highest BCUT2D eigenvalue weighted by atomic mass is 79.9. The zero-order valence-corrected chi connectivity index (χ0v) is 10.1. The molecule has 0 amide bonds. The third kappa shape index (κ3) is 1.52. The zero-order chi connectivity index (χ0) is 11.0. The fourth-order valence-corrected chi connectivity index (χ4v) is 2.18. The van der Waals surface area contributed by atoms with Gasteiger partial charge < -0.3 is 0 Å². The molecule has 0 radical (unpaired) electrons. The molecular weight excluding hydrogens is 281 g/mol. The Hall–Kier alpha value is -1.06. The molecule has 0 aliphatic rings. The van der Waals surface area contributed by atoms with E-state index in [9.17, 15) is 3.89 Å². The van der Waals surface area contributed by atoms with Gasteiger partial charge in [0.05, 0.1) is 5.52 Å². The van der Waals surface area contributed by atoms with E-state index in [1.165, 1.54) is 3.97 Å². The molecule has 0 N–H and O–H groups in total. The quantitative estimate of drug-likeness (QED) is 0.807. The van der Waals surface area contributed by atoms with E-state index >= 15 is 0 Å². The molecule has 0 spiro atoms. The highest BCUT2D eigenvalue weighted by Crippen LogP contribution is 2.29. The van der Waals surface area contributed by atoms with Gasteiger partial charge in [0, 0.05) is 16.4 Å². The second-order valence-corrected chi connectivity index (χ2v) is 4.38. The van der Waals surface area contributed by atoms with Crippen molar-refractivity contribution in [1.29, 1.82) is 5.26 Å². The summed E-state index contributed by atoms with van der Waals surface area (Å²) in [6, 6.07) is 3.77. The van der Waals surface area contributed by atoms with Crippen LogP contribution in [0.3, 0.4) is 0 Å². The Morgan fingerprint density at radius 1 is 1.67 bits per heavy atom. The van der Waals surface area contributed by atoms with Crippen LogP contribution in [0, 0.1) is 18.3 Å². The van der Waals surface area contributed by atoms with E-state index in [2.05, 4.69) is 20.9 Å². The molecule has 2 aromatic rings. The number of fused-ring (bicyclic) bond motifs is 1. The molecule has 2 rings (SSSR count). The molecule has 0 aliphatic heterocycles. The summed E-state index contributed by atoms with van der Waals surface area (Å²) in [7, 11) is 0. The van der Waals surface area contributed by atoms with E-state index in [1.54, 1.807) is 19.2 Å². The van der Waals surface area contributed by atoms with Gasteiger partial charge >= 0.3 is 0 Å². The number of aromatic nitrogens is 2. The normalized spacial score (nSPS) is 10.5. The number of nitrogens with zero attached hydrogens (tertiary/aromatic N) is 3. The number of hydrogen-bond donors (Lipinski definition) is 0. The summed E-state index contributed by atoms with van der Waals surface area (Å²) in [5, 5.41) is 8.95. The third-order valence-corrected chi connectivity index (χ3v) is 3.18. The van der Waals surface area contributed by atoms with Crippen LogP contribution in [0.5, 0.6) is 0 Å². The summed E-state index contributed by atoms with van der Waals surface area (Å²) >= 11 is 3.34. The SMILES string of the molecule is Cc1c(C#N)c2ncc(Br)cc2n1SF. The second-order valence-electron chi connectivity index (χ2n) is 2.96. The van der Waals surface area contributed by atoms with E-state index in [-0.39, 0.29) is 12.3 Å². The summed E-state index contributed by atoms with van der Waals surface area (Å²) in [6.07, 6.45) is 1.59. The van der Waals surface area contributed by atoms with Gasteiger partial charge in [-0.1, -0.05) is 0 Å². The smallest absolute Gasteiger partial charge is 0.170 e. The van der Waals surface area contributed by atoms with E-state index in [4.69, 9.17) is 5.26 Å². The van der Waals surface area contributed by atoms with Gasteiger partial charge in [-0.25, -0.2) is 0 Å². The Balaban J connectivity index is 2.93. The average molecular weight is 286 g/mol. The lowest BCUT2D eigenvalue weighted by atomic mass is 10.2. The van der Waals surface area contributed by atoms with Crippen LogP contribution in [0.4, 0.5) is 3.89 Å². The Labute approximate surface area is 98.5 Å². The molecule has 0 unspecified atom stereocenters. The molecule has 0 atom stereocenters. The fraction of sp³-hybridized carbons (Fsp3) is 0.111. The average Bonchev–Trinajstić information content (AvgIpc) is 2.48. The van der Waals surface area contributed by atoms with E-state index in [0.717, 1.165) is 4.47 Å². The molecule has 6 heteroatoms. The van der Waals surface area contributed by atoms with Crippen molar-refractivity contribution in [3.8, 4) is 6.07 Å². The highest BCUT2D eigenvalue weighted by Gasteiger charge is 2.15. The molecule has 0 aliphatic carbocycles. The van der Waals surface area contributed by atoms with Crippen LogP contribution in [-0.4, -0.2) is 8.96 Å². The summed E-state index contributed by atoms with van der Waals surface area (Å²) in [4.78, 5) is 4.11. The molecule has 15 heavy (non-hydrogen) atoms. The predicted octanol–water partition coefficient (Wildman–Crippen LogP) is 3.36. The standard InChI is InChI=1S/C9H5BrFN3S/c1-5-7(3-12)9-8(14(5)15-11)2-6(10)4-13-9/h2,4H,1H3. The van der Waals surface area contributed by atoms with Crippen molar-refractivity contribution < 1.29 is 3.89 Å². The molecule has 3 nitrogen and oxygen atoms in total. The zero-order valence-electron chi connectivity index (χ0n) is 7.66. The van der Waals surface area contributed by atoms with Crippen LogP contribution in [0.25, 0.3) is 11.0 Å². The lowest BCUT2D eigenvalue weighted by Gasteiger charge is -1.97. The van der Waals surface area contributed by atoms with Crippen molar-refractivity contribution in [2.45, 2.75) is 6.92 Å². The van der Waals surface area contributed by atoms with Gasteiger partial charge in [0.25, 0.3) is 0 Å². The topological polar surface area (TPSA) is 41.6 Å². The summed E-state index contributed by atoms with van der Waals surface area (Å²) in [5.74, 6) is 0. The second kappa shape index (κ2) is 3.83. The number of pyridine rings is 1. The van der Waals surface area contributed by atoms with Crippen molar-refractivity contribution in [2.24, 2.45) is 0 Å². The Morgan fingerprint density at radius 3 is 3.00 bits per heavy atom. The number of nitriles is 1. The molecule has 0 fully saturated rings. The highest BCUT2D eigenvalue weighted by molar-refractivity contribution is 9.10. The van der Waals surface area contributed by atoms with Gasteiger partial charge in [-0.2, -0.15) is 5.26 Å². The Morgan fingerprint density at radius 2 is 2.40 bits per heavy atom. The van der Waals surface area contributed by atoms with Crippen molar-refractivity contribution in [2.75, 3.05) is 0 Å². The van der Waals surface area contributed by atoms with Crippen molar-refractivity contribution in [3.63, 3.8) is 0 Å². The molecule has 2 heterocycles. The maximum Gasteiger partial charge on any atom is 0.170 e. The largest absolute Gasteiger partial charge is 0.258 e. The van der Waals surface area contributed by atoms with Crippen LogP contribution < -0.4 is 0 Å². The predicted molar refractivity (Wildman–Crippen MR) is 61.0 cm³/mol. The first kappa shape index (κ1) is 10.5. The lowest BCUT2D eigenvalue weighted by molar-refractivity contribution is 0.915. The van der Waals surface area contributed by atoms with Crippen molar-refractivity contribution in [1.82, 2.24) is 8.96 Å². The molecular formula is C9H5BrFN3S. The Kier molecular flexibility index (Phi) is 2.67. The monoisotopic (exact) mass is 285 g/mol. The van der Waals surface area contributed by atoms with Gasteiger partial charge in [-0.3, -0.25) is 8.96 Å². The van der Waals surface area contributed by atoms with E-state index in [1.807, 2.05) is 6.07 Å². The molecule has 2 aromatic heterocycles. The molecule has 0 saturated carbocycles. The molecule has 0 aromatic carbocycles. The first-order valence-corrected chi connectivity index (χ1v) is 5.51. The van der Waals surface area contributed by atoms with E-state index < -0.39 is 0 Å². The first-order chi connectivity index (χ1) is 7.19. The molecule has 0 bridgehead atoms. The maximum atomic E-state index is 12.7. The summed E-state index contributed by atoms with van der Waals surface area (Å²) < 4.78 is 14.8. The van der Waals surface area contributed by atoms with Crippen LogP contribution in [0.1, 0.15) is 11.3 Å². The van der Waals surface area contributed by atoms with Gasteiger partial charge in [0.2, 0.25) is 0 Å². The van der Waals surface area contributed by atoms with Gasteiger partial charge in [0.15, 0.2) is 12.3 Å². The number of hydrogen-bond acceptors (Lipinski definition) is 3. The molecule has 76 valence electrons. The minimum absolute atomic E-state index is 0.0745. The third-order valence-electron chi connectivity index (χ3n) is 2.14. The minimum Gasteiger partial charge on any atom is -0.258 e. The fourth-order valence-electron chi connectivity index (χ4n) is 1.45. The molecule has 0 saturated heterocycles. The van der Waals surface area contributed by atoms with Crippen LogP contribution in [0.15, 0.2) is 16.7 Å². The van der Waals surface area contributed by atoms with Crippen LogP contribution in [-0.2, 0) is 0 Å².